The summed E-state index contributed by atoms with van der Waals surface area (Å²) in [5, 5.41) is 13.1. The molecule has 0 bridgehead atoms. The maximum Gasteiger partial charge on any atom is 0.416 e. The molecule has 0 aliphatic heterocycles. The van der Waals surface area contributed by atoms with E-state index in [2.05, 4.69) is 20.9 Å². The number of aromatic amines is 1. The summed E-state index contributed by atoms with van der Waals surface area (Å²) in [6, 6.07) is 9.70. The molecule has 0 amide bonds. The summed E-state index contributed by atoms with van der Waals surface area (Å²) < 4.78 is 43.3. The lowest BCUT2D eigenvalue weighted by Crippen LogP contribution is -2.34. The predicted octanol–water partition coefficient (Wildman–Crippen LogP) is 5.22. The lowest BCUT2D eigenvalue weighted by atomic mass is 10.1. The van der Waals surface area contributed by atoms with Gasteiger partial charge in [0.25, 0.3) is 5.56 Å². The minimum Gasteiger partial charge on any atom is -0.477 e. The van der Waals surface area contributed by atoms with E-state index in [9.17, 15) is 32.7 Å². The number of alkyl halides is 3. The molecule has 5 rings (SSSR count). The molecule has 3 aromatic heterocycles. The fourth-order valence-electron chi connectivity index (χ4n) is 4.08. The normalized spacial score (nSPS) is 12.0. The van der Waals surface area contributed by atoms with Crippen molar-refractivity contribution >= 4 is 55.0 Å². The van der Waals surface area contributed by atoms with Crippen molar-refractivity contribution in [3.63, 3.8) is 0 Å². The van der Waals surface area contributed by atoms with Crippen LogP contribution in [0.2, 0.25) is 0 Å². The van der Waals surface area contributed by atoms with Crippen molar-refractivity contribution in [1.82, 2.24) is 14.1 Å². The molecule has 0 aliphatic rings. The fraction of sp³-hybridized carbons (Fsp3) is 0.0870. The van der Waals surface area contributed by atoms with Crippen molar-refractivity contribution in [2.24, 2.45) is 0 Å². The van der Waals surface area contributed by atoms with Crippen LogP contribution in [0.25, 0.3) is 27.5 Å². The van der Waals surface area contributed by atoms with E-state index in [-0.39, 0.29) is 28.4 Å². The summed E-state index contributed by atoms with van der Waals surface area (Å²) in [5.41, 5.74) is -2.69. The molecule has 5 aromatic rings. The number of aromatic nitrogens is 3. The lowest BCUT2D eigenvalue weighted by molar-refractivity contribution is -0.137. The summed E-state index contributed by atoms with van der Waals surface area (Å²) in [4.78, 5) is 41.2. The number of nitrogens with one attached hydrogen (secondary N) is 1. The number of rotatable bonds is 4. The molecule has 0 radical (unpaired) electrons. The van der Waals surface area contributed by atoms with Gasteiger partial charge in [-0.05, 0) is 35.9 Å². The number of carbonyl (C=O) groups is 1. The molecule has 0 saturated heterocycles. The van der Waals surface area contributed by atoms with Gasteiger partial charge in [-0.1, -0.05) is 28.1 Å². The van der Waals surface area contributed by atoms with Crippen molar-refractivity contribution in [3.05, 3.63) is 95.4 Å². The number of H-pyrrole nitrogens is 1. The van der Waals surface area contributed by atoms with E-state index in [0.717, 1.165) is 34.0 Å². The molecule has 0 fully saturated rings. The maximum atomic E-state index is 13.6. The van der Waals surface area contributed by atoms with Gasteiger partial charge >= 0.3 is 17.8 Å². The molecule has 2 aromatic carbocycles. The number of fused-ring (bicyclic) bond motifs is 2. The van der Waals surface area contributed by atoms with Gasteiger partial charge in [0, 0.05) is 27.2 Å². The molecular formula is C23H13BrF3N3O4S. The zero-order valence-electron chi connectivity index (χ0n) is 17.4. The molecule has 0 saturated carbocycles. The van der Waals surface area contributed by atoms with Crippen molar-refractivity contribution < 1.29 is 23.1 Å². The summed E-state index contributed by atoms with van der Waals surface area (Å²) in [6.45, 7) is -0.0315. The second-order valence-corrected chi connectivity index (χ2v) is 9.38. The minimum atomic E-state index is -4.73. The van der Waals surface area contributed by atoms with Crippen molar-refractivity contribution in [1.29, 1.82) is 0 Å². The van der Waals surface area contributed by atoms with Gasteiger partial charge in [0.05, 0.1) is 27.7 Å². The third-order valence-corrected chi connectivity index (χ3v) is 6.80. The number of nitrogens with zero attached hydrogens (tertiary/aromatic N) is 2. The Hall–Kier alpha value is -3.64. The molecule has 12 heteroatoms. The van der Waals surface area contributed by atoms with Crippen LogP contribution >= 0.6 is 27.3 Å². The van der Waals surface area contributed by atoms with Crippen LogP contribution in [0.4, 0.5) is 13.2 Å². The number of carboxylic acid groups (broad SMARTS) is 1. The fourth-order valence-corrected chi connectivity index (χ4v) is 5.29. The Morgan fingerprint density at radius 3 is 2.54 bits per heavy atom. The number of carboxylic acids is 1. The average Bonchev–Trinajstić information content (AvgIpc) is 3.36. The Balaban J connectivity index is 1.93. The molecule has 0 aliphatic carbocycles. The van der Waals surface area contributed by atoms with E-state index in [1.54, 1.807) is 29.6 Å². The first-order valence-corrected chi connectivity index (χ1v) is 11.7. The molecular weight excluding hydrogens is 551 g/mol. The summed E-state index contributed by atoms with van der Waals surface area (Å²) in [7, 11) is 0. The summed E-state index contributed by atoms with van der Waals surface area (Å²) in [6.07, 6.45) is -4.73. The van der Waals surface area contributed by atoms with E-state index < -0.39 is 40.3 Å². The van der Waals surface area contributed by atoms with E-state index >= 15 is 0 Å². The number of hydrogen-bond acceptors (Lipinski definition) is 4. The van der Waals surface area contributed by atoms with E-state index in [1.807, 2.05) is 0 Å². The van der Waals surface area contributed by atoms with Gasteiger partial charge in [0.2, 0.25) is 0 Å². The largest absolute Gasteiger partial charge is 0.477 e. The van der Waals surface area contributed by atoms with Crippen LogP contribution in [0.15, 0.2) is 67.3 Å². The van der Waals surface area contributed by atoms with Gasteiger partial charge in [-0.2, -0.15) is 13.2 Å². The Bertz CT molecular complexity index is 1760. The third kappa shape index (κ3) is 3.88. The SMILES string of the molecule is O=C(O)c1c(-n2c(=O)[nH]c3cscc3c2=O)c2cc(C(F)(F)F)ccc2n1Cc1cccc(Br)c1. The standard InChI is InChI=1S/C23H13BrF3N3O4S/c24-13-3-1-2-11(6-13)8-29-17-5-4-12(23(25,26)27)7-14(17)18(19(29)21(32)33)30-20(31)15-9-35-10-16(15)28-22(30)34/h1-7,9-10H,8H2,(H,28,34)(H,32,33). The number of thiophene rings is 1. The molecule has 35 heavy (non-hydrogen) atoms. The summed E-state index contributed by atoms with van der Waals surface area (Å²) >= 11 is 4.49. The van der Waals surface area contributed by atoms with Crippen LogP contribution in [0.3, 0.4) is 0 Å². The Morgan fingerprint density at radius 1 is 1.09 bits per heavy atom. The molecule has 178 valence electrons. The van der Waals surface area contributed by atoms with Crippen LogP contribution < -0.4 is 11.2 Å². The van der Waals surface area contributed by atoms with Crippen molar-refractivity contribution in [3.8, 4) is 5.69 Å². The number of halogens is 4. The van der Waals surface area contributed by atoms with Gasteiger partial charge in [-0.3, -0.25) is 4.79 Å². The first-order chi connectivity index (χ1) is 16.6. The highest BCUT2D eigenvalue weighted by Gasteiger charge is 2.33. The highest BCUT2D eigenvalue weighted by molar-refractivity contribution is 9.10. The van der Waals surface area contributed by atoms with Crippen LogP contribution in [-0.2, 0) is 12.7 Å². The molecule has 7 nitrogen and oxygen atoms in total. The Labute approximate surface area is 205 Å². The third-order valence-electron chi connectivity index (χ3n) is 5.56. The molecule has 0 spiro atoms. The van der Waals surface area contributed by atoms with Gasteiger partial charge < -0.3 is 14.7 Å². The zero-order valence-corrected chi connectivity index (χ0v) is 19.8. The summed E-state index contributed by atoms with van der Waals surface area (Å²) in [5.74, 6) is -1.50. The van der Waals surface area contributed by atoms with Gasteiger partial charge in [-0.15, -0.1) is 11.3 Å². The van der Waals surface area contributed by atoms with E-state index in [0.29, 0.717) is 10.1 Å². The van der Waals surface area contributed by atoms with E-state index in [4.69, 9.17) is 0 Å². The van der Waals surface area contributed by atoms with Gasteiger partial charge in [0.1, 0.15) is 0 Å². The van der Waals surface area contributed by atoms with Crippen LogP contribution in [0, 0.1) is 0 Å². The van der Waals surface area contributed by atoms with Gasteiger partial charge in [0.15, 0.2) is 5.69 Å². The smallest absolute Gasteiger partial charge is 0.416 e. The number of hydrogen-bond donors (Lipinski definition) is 2. The number of aromatic carboxylic acids is 1. The van der Waals surface area contributed by atoms with E-state index in [1.165, 1.54) is 9.95 Å². The first-order valence-electron chi connectivity index (χ1n) is 9.99. The first kappa shape index (κ1) is 23.1. The van der Waals surface area contributed by atoms with Crippen molar-refractivity contribution in [2.75, 3.05) is 0 Å². The molecule has 3 heterocycles. The average molecular weight is 564 g/mol. The topological polar surface area (TPSA) is 97.1 Å². The quantitative estimate of drug-likeness (QED) is 0.313. The predicted molar refractivity (Wildman–Crippen MR) is 129 cm³/mol. The Kier molecular flexibility index (Phi) is 5.44. The minimum absolute atomic E-state index is 0.0315. The zero-order chi connectivity index (χ0) is 25.1. The molecule has 2 N–H and O–H groups in total. The molecule has 0 unspecified atom stereocenters. The van der Waals surface area contributed by atoms with Crippen LogP contribution in [0.1, 0.15) is 21.6 Å². The van der Waals surface area contributed by atoms with Crippen LogP contribution in [-0.4, -0.2) is 25.2 Å². The van der Waals surface area contributed by atoms with Gasteiger partial charge in [-0.25, -0.2) is 14.2 Å². The Morgan fingerprint density at radius 2 is 1.86 bits per heavy atom. The van der Waals surface area contributed by atoms with Crippen LogP contribution in [0.5, 0.6) is 0 Å². The highest BCUT2D eigenvalue weighted by Crippen LogP contribution is 2.36. The second kappa shape index (κ2) is 8.24. The second-order valence-electron chi connectivity index (χ2n) is 7.72. The maximum absolute atomic E-state index is 13.6. The van der Waals surface area contributed by atoms with Crippen molar-refractivity contribution in [2.45, 2.75) is 12.7 Å². The molecule has 0 atom stereocenters. The highest BCUT2D eigenvalue weighted by atomic mass is 79.9. The monoisotopic (exact) mass is 563 g/mol. The lowest BCUT2D eigenvalue weighted by Gasteiger charge is -2.10. The number of benzene rings is 2.